The molecule has 1 aliphatic rings. The topological polar surface area (TPSA) is 117 Å². The molecule has 4 aromatic heterocycles. The number of furan rings is 1. The maximum atomic E-state index is 14.3. The van der Waals surface area contributed by atoms with Crippen LogP contribution in [0.15, 0.2) is 46.9 Å². The zero-order valence-electron chi connectivity index (χ0n) is 24.9. The van der Waals surface area contributed by atoms with Crippen molar-refractivity contribution in [2.75, 3.05) is 24.5 Å². The molecule has 0 aliphatic carbocycles. The van der Waals surface area contributed by atoms with Gasteiger partial charge in [-0.05, 0) is 61.7 Å². The average Bonchev–Trinajstić information content (AvgIpc) is 3.63. The number of piperazine rings is 1. The van der Waals surface area contributed by atoms with Crippen LogP contribution >= 0.6 is 11.6 Å². The van der Waals surface area contributed by atoms with Gasteiger partial charge in [0, 0.05) is 42.4 Å². The molecule has 10 nitrogen and oxygen atoms in total. The minimum Gasteiger partial charge on any atom is -0.449 e. The molecule has 5 heterocycles. The Bertz CT molecular complexity index is 1840. The quantitative estimate of drug-likeness (QED) is 0.258. The number of halogens is 2. The third-order valence-corrected chi connectivity index (χ3v) is 8.15. The monoisotopic (exact) mass is 602 g/mol. The van der Waals surface area contributed by atoms with Crippen molar-refractivity contribution >= 4 is 34.4 Å². The number of hydrogen-bond acceptors (Lipinski definition) is 8. The highest BCUT2D eigenvalue weighted by atomic mass is 35.5. The van der Waals surface area contributed by atoms with Gasteiger partial charge in [0.1, 0.15) is 17.2 Å². The lowest BCUT2D eigenvalue weighted by Crippen LogP contribution is -2.61. The van der Waals surface area contributed by atoms with Crippen molar-refractivity contribution < 1.29 is 13.6 Å². The maximum absolute atomic E-state index is 14.3. The molecule has 1 aliphatic heterocycles. The highest BCUT2D eigenvalue weighted by Gasteiger charge is 2.39. The van der Waals surface area contributed by atoms with Crippen molar-refractivity contribution in [1.82, 2.24) is 35.5 Å². The maximum Gasteiger partial charge on any atom is 0.290 e. The molecule has 6 rings (SSSR count). The molecule has 0 bridgehead atoms. The summed E-state index contributed by atoms with van der Waals surface area (Å²) in [5.74, 6) is 0.801. The third-order valence-electron chi connectivity index (χ3n) is 7.84. The summed E-state index contributed by atoms with van der Waals surface area (Å²) in [6, 6.07) is 12.1. The third kappa shape index (κ3) is 5.33. The summed E-state index contributed by atoms with van der Waals surface area (Å²) in [6.07, 6.45) is 0. The van der Waals surface area contributed by atoms with E-state index in [0.717, 1.165) is 22.6 Å². The Balaban J connectivity index is 1.29. The number of aromatic nitrogens is 6. The first-order chi connectivity index (χ1) is 20.3. The Kier molecular flexibility index (Phi) is 6.95. The van der Waals surface area contributed by atoms with Gasteiger partial charge in [0.05, 0.1) is 21.9 Å². The zero-order valence-corrected chi connectivity index (χ0v) is 25.6. The average molecular weight is 603 g/mol. The summed E-state index contributed by atoms with van der Waals surface area (Å²) in [4.78, 5) is 27.5. The molecule has 1 saturated heterocycles. The number of aromatic amines is 1. The van der Waals surface area contributed by atoms with Gasteiger partial charge < -0.3 is 14.2 Å². The number of H-pyrrole nitrogens is 1. The summed E-state index contributed by atoms with van der Waals surface area (Å²) < 4.78 is 20.5. The van der Waals surface area contributed by atoms with Crippen molar-refractivity contribution in [1.29, 1.82) is 0 Å². The van der Waals surface area contributed by atoms with Crippen LogP contribution in [0.5, 0.6) is 0 Å². The molecule has 43 heavy (non-hydrogen) atoms. The predicted octanol–water partition coefficient (Wildman–Crippen LogP) is 6.21. The van der Waals surface area contributed by atoms with Crippen LogP contribution in [-0.2, 0) is 5.41 Å². The Morgan fingerprint density at radius 3 is 2.53 bits per heavy atom. The van der Waals surface area contributed by atoms with E-state index in [1.807, 2.05) is 43.9 Å². The summed E-state index contributed by atoms with van der Waals surface area (Å²) in [5.41, 5.74) is 3.88. The van der Waals surface area contributed by atoms with Gasteiger partial charge in [0.25, 0.3) is 5.91 Å². The number of aryl methyl sites for hydroxylation is 1. The molecule has 1 aromatic carbocycles. The SMILES string of the molecule is Cc1nc(N2CCN(C(=O)c3cc4nc(-c5ccc(Cl)c(F)c5)cc(C(C)(C)C)c4o3)C(C)(C)C2)ccc1-c1nn[nH]n1. The highest BCUT2D eigenvalue weighted by Crippen LogP contribution is 2.36. The van der Waals surface area contributed by atoms with E-state index in [9.17, 15) is 9.18 Å². The fourth-order valence-electron chi connectivity index (χ4n) is 5.58. The van der Waals surface area contributed by atoms with E-state index in [1.54, 1.807) is 12.1 Å². The molecule has 222 valence electrons. The Morgan fingerprint density at radius 2 is 1.88 bits per heavy atom. The number of fused-ring (bicyclic) bond motifs is 1. The second-order valence-corrected chi connectivity index (χ2v) is 12.9. The fourth-order valence-corrected chi connectivity index (χ4v) is 5.70. The molecule has 0 atom stereocenters. The van der Waals surface area contributed by atoms with E-state index in [0.29, 0.717) is 47.8 Å². The molecular formula is C31H32ClFN8O2. The highest BCUT2D eigenvalue weighted by molar-refractivity contribution is 6.30. The van der Waals surface area contributed by atoms with E-state index in [-0.39, 0.29) is 22.1 Å². The Morgan fingerprint density at radius 1 is 1.09 bits per heavy atom. The van der Waals surface area contributed by atoms with Crippen molar-refractivity contribution in [2.45, 2.75) is 52.5 Å². The van der Waals surface area contributed by atoms with Crippen LogP contribution in [0, 0.1) is 12.7 Å². The normalized spacial score (nSPS) is 15.3. The van der Waals surface area contributed by atoms with Crippen LogP contribution in [0.1, 0.15) is 56.4 Å². The van der Waals surface area contributed by atoms with Crippen molar-refractivity contribution in [3.8, 4) is 22.6 Å². The van der Waals surface area contributed by atoms with E-state index in [1.165, 1.54) is 12.1 Å². The first-order valence-corrected chi connectivity index (χ1v) is 14.4. The number of anilines is 1. The smallest absolute Gasteiger partial charge is 0.290 e. The number of amides is 1. The van der Waals surface area contributed by atoms with Crippen LogP contribution in [0.4, 0.5) is 10.2 Å². The lowest BCUT2D eigenvalue weighted by molar-refractivity contribution is 0.0483. The van der Waals surface area contributed by atoms with Gasteiger partial charge >= 0.3 is 0 Å². The summed E-state index contributed by atoms with van der Waals surface area (Å²) >= 11 is 5.91. The van der Waals surface area contributed by atoms with Gasteiger partial charge in [-0.3, -0.25) is 4.79 Å². The molecule has 1 fully saturated rings. The number of benzene rings is 1. The number of carbonyl (C=O) groups is 1. The predicted molar refractivity (Wildman–Crippen MR) is 163 cm³/mol. The fraction of sp³-hybridized carbons (Fsp3) is 0.355. The standard InChI is InChI=1S/C31H32ClFN8O2/c1-17-19(28-36-38-39-37-28)8-10-26(34-17)40-11-12-41(31(5,6)16-40)29(42)25-15-24-27(43-25)20(30(2,3)4)14-23(35-24)18-7-9-21(32)22(33)13-18/h7-10,13-15H,11-12,16H2,1-6H3,(H,36,37,38,39). The molecule has 12 heteroatoms. The summed E-state index contributed by atoms with van der Waals surface area (Å²) in [7, 11) is 0. The number of tetrazole rings is 1. The van der Waals surface area contributed by atoms with Gasteiger partial charge in [-0.2, -0.15) is 5.21 Å². The number of carbonyl (C=O) groups excluding carboxylic acids is 1. The summed E-state index contributed by atoms with van der Waals surface area (Å²) in [6.45, 7) is 13.8. The molecule has 1 N–H and O–H groups in total. The van der Waals surface area contributed by atoms with Gasteiger partial charge in [-0.25, -0.2) is 14.4 Å². The van der Waals surface area contributed by atoms with Crippen LogP contribution in [0.3, 0.4) is 0 Å². The molecule has 5 aromatic rings. The van der Waals surface area contributed by atoms with Crippen molar-refractivity contribution in [3.63, 3.8) is 0 Å². The van der Waals surface area contributed by atoms with Crippen LogP contribution in [-0.4, -0.2) is 66.6 Å². The molecule has 0 radical (unpaired) electrons. The lowest BCUT2D eigenvalue weighted by Gasteiger charge is -2.47. The second-order valence-electron chi connectivity index (χ2n) is 12.5. The number of pyridine rings is 2. The van der Waals surface area contributed by atoms with Crippen LogP contribution < -0.4 is 4.90 Å². The Hall–Kier alpha value is -4.38. The van der Waals surface area contributed by atoms with E-state index < -0.39 is 11.4 Å². The summed E-state index contributed by atoms with van der Waals surface area (Å²) in [5, 5.41) is 14.3. The largest absolute Gasteiger partial charge is 0.449 e. The zero-order chi connectivity index (χ0) is 30.7. The minimum atomic E-state index is -0.525. The van der Waals surface area contributed by atoms with Crippen LogP contribution in [0.25, 0.3) is 33.7 Å². The lowest BCUT2D eigenvalue weighted by atomic mass is 9.86. The molecular weight excluding hydrogens is 571 g/mol. The minimum absolute atomic E-state index is 0.0477. The van der Waals surface area contributed by atoms with Gasteiger partial charge in [-0.1, -0.05) is 38.4 Å². The van der Waals surface area contributed by atoms with E-state index >= 15 is 0 Å². The van der Waals surface area contributed by atoms with Crippen molar-refractivity contribution in [3.05, 3.63) is 70.3 Å². The number of rotatable bonds is 4. The molecule has 0 spiro atoms. The van der Waals surface area contributed by atoms with Crippen LogP contribution in [0.2, 0.25) is 5.02 Å². The Labute approximate surface area is 253 Å². The van der Waals surface area contributed by atoms with Crippen molar-refractivity contribution in [2.24, 2.45) is 0 Å². The number of nitrogens with zero attached hydrogens (tertiary/aromatic N) is 7. The molecule has 1 amide bonds. The molecule has 0 unspecified atom stereocenters. The number of nitrogens with one attached hydrogen (secondary N) is 1. The first-order valence-electron chi connectivity index (χ1n) is 14.0. The molecule has 0 saturated carbocycles. The first kappa shape index (κ1) is 28.7. The van der Waals surface area contributed by atoms with Gasteiger partial charge in [-0.15, -0.1) is 10.2 Å². The number of hydrogen-bond donors (Lipinski definition) is 1. The van der Waals surface area contributed by atoms with E-state index in [2.05, 4.69) is 46.3 Å². The van der Waals surface area contributed by atoms with Gasteiger partial charge in [0.15, 0.2) is 11.3 Å². The second kappa shape index (κ2) is 10.4. The van der Waals surface area contributed by atoms with Gasteiger partial charge in [0.2, 0.25) is 5.82 Å². The van der Waals surface area contributed by atoms with E-state index in [4.69, 9.17) is 26.0 Å².